The van der Waals surface area contributed by atoms with E-state index in [4.69, 9.17) is 10.6 Å². The zero-order chi connectivity index (χ0) is 20.8. The van der Waals surface area contributed by atoms with E-state index in [0.29, 0.717) is 22.9 Å². The van der Waals surface area contributed by atoms with Gasteiger partial charge in [-0.3, -0.25) is 4.79 Å². The molecule has 0 spiro atoms. The van der Waals surface area contributed by atoms with Gasteiger partial charge in [0.2, 0.25) is 11.1 Å². The number of thioether (sulfide) groups is 1. The maximum atomic E-state index is 12.2. The van der Waals surface area contributed by atoms with E-state index in [0.717, 1.165) is 29.7 Å². The summed E-state index contributed by atoms with van der Waals surface area (Å²) in [6, 6.07) is 6.51. The molecule has 0 unspecified atom stereocenters. The molecule has 3 N–H and O–H groups in total. The third kappa shape index (κ3) is 5.88. The highest BCUT2D eigenvalue weighted by atomic mass is 32.2. The summed E-state index contributed by atoms with van der Waals surface area (Å²) in [6.07, 6.45) is 5.80. The smallest absolute Gasteiger partial charge is 0.230 e. The lowest BCUT2D eigenvalue weighted by atomic mass is 9.95. The van der Waals surface area contributed by atoms with Crippen molar-refractivity contribution in [2.75, 3.05) is 11.6 Å². The molecule has 3 rings (SSSR count). The molecule has 0 saturated heterocycles. The second-order valence-electron chi connectivity index (χ2n) is 7.94. The summed E-state index contributed by atoms with van der Waals surface area (Å²) < 4.78 is 7.40. The molecule has 158 valence electrons. The monoisotopic (exact) mass is 417 g/mol. The lowest BCUT2D eigenvalue weighted by molar-refractivity contribution is -0.119. The Kier molecular flexibility index (Phi) is 7.41. The fourth-order valence-electron chi connectivity index (χ4n) is 3.54. The molecule has 1 aromatic heterocycles. The van der Waals surface area contributed by atoms with Gasteiger partial charge in [-0.25, -0.2) is 4.68 Å². The minimum Gasteiger partial charge on any atom is -0.485 e. The molecule has 29 heavy (non-hydrogen) atoms. The van der Waals surface area contributed by atoms with E-state index < -0.39 is 0 Å². The SMILES string of the molecule is Cc1ccc(C(C)C)c(OCc2nnc(SCC(=O)NC3CCCCC3)n2N)c1. The Morgan fingerprint density at radius 2 is 2.07 bits per heavy atom. The summed E-state index contributed by atoms with van der Waals surface area (Å²) in [7, 11) is 0. The average Bonchev–Trinajstić information content (AvgIpc) is 3.05. The van der Waals surface area contributed by atoms with Crippen LogP contribution in [0.2, 0.25) is 0 Å². The Labute approximate surface area is 176 Å². The molecule has 1 fully saturated rings. The normalized spacial score (nSPS) is 14.9. The quantitative estimate of drug-likeness (QED) is 0.504. The summed E-state index contributed by atoms with van der Waals surface area (Å²) in [5, 5.41) is 11.9. The molecule has 1 aliphatic rings. The van der Waals surface area contributed by atoms with E-state index in [2.05, 4.69) is 41.5 Å². The van der Waals surface area contributed by atoms with Crippen LogP contribution in [0, 0.1) is 6.92 Å². The molecule has 1 aromatic carbocycles. The Morgan fingerprint density at radius 1 is 1.31 bits per heavy atom. The van der Waals surface area contributed by atoms with Crippen molar-refractivity contribution in [1.82, 2.24) is 20.2 Å². The van der Waals surface area contributed by atoms with Crippen LogP contribution in [-0.4, -0.2) is 32.6 Å². The second-order valence-corrected chi connectivity index (χ2v) is 8.89. The highest BCUT2D eigenvalue weighted by Gasteiger charge is 2.18. The van der Waals surface area contributed by atoms with Crippen molar-refractivity contribution in [2.24, 2.45) is 0 Å². The molecule has 8 heteroatoms. The Morgan fingerprint density at radius 3 is 2.79 bits per heavy atom. The van der Waals surface area contributed by atoms with Crippen molar-refractivity contribution >= 4 is 17.7 Å². The standard InChI is InChI=1S/C21H31N5O2S/c1-14(2)17-10-9-15(3)11-18(17)28-12-19-24-25-21(26(19)22)29-13-20(27)23-16-7-5-4-6-8-16/h9-11,14,16H,4-8,12-13,22H2,1-3H3,(H,23,27). The van der Waals surface area contributed by atoms with Gasteiger partial charge in [-0.15, -0.1) is 10.2 Å². The summed E-state index contributed by atoms with van der Waals surface area (Å²) in [5.41, 5.74) is 2.28. The van der Waals surface area contributed by atoms with E-state index in [1.54, 1.807) is 0 Å². The van der Waals surface area contributed by atoms with Gasteiger partial charge in [0.1, 0.15) is 12.4 Å². The predicted molar refractivity (Wildman–Crippen MR) is 116 cm³/mol. The molecule has 1 heterocycles. The van der Waals surface area contributed by atoms with E-state index >= 15 is 0 Å². The van der Waals surface area contributed by atoms with Gasteiger partial charge in [0.05, 0.1) is 5.75 Å². The molecule has 0 radical (unpaired) electrons. The van der Waals surface area contributed by atoms with E-state index in [9.17, 15) is 4.79 Å². The Bertz CT molecular complexity index is 830. The van der Waals surface area contributed by atoms with Gasteiger partial charge < -0.3 is 15.9 Å². The van der Waals surface area contributed by atoms with Crippen LogP contribution in [-0.2, 0) is 11.4 Å². The van der Waals surface area contributed by atoms with Crippen molar-refractivity contribution in [3.05, 3.63) is 35.2 Å². The second kappa shape index (κ2) is 10.0. The van der Waals surface area contributed by atoms with Crippen LogP contribution >= 0.6 is 11.8 Å². The Hall–Kier alpha value is -2.22. The molecule has 1 saturated carbocycles. The number of ether oxygens (including phenoxy) is 1. The van der Waals surface area contributed by atoms with Crippen molar-refractivity contribution in [3.63, 3.8) is 0 Å². The summed E-state index contributed by atoms with van der Waals surface area (Å²) >= 11 is 1.29. The minimum absolute atomic E-state index is 0.0176. The van der Waals surface area contributed by atoms with Gasteiger partial charge in [-0.1, -0.05) is 57.0 Å². The number of rotatable bonds is 8. The lowest BCUT2D eigenvalue weighted by Gasteiger charge is -2.22. The number of nitrogens with zero attached hydrogens (tertiary/aromatic N) is 3. The molecule has 1 amide bonds. The molecule has 0 bridgehead atoms. The van der Waals surface area contributed by atoms with Gasteiger partial charge in [0, 0.05) is 6.04 Å². The van der Waals surface area contributed by atoms with E-state index in [1.165, 1.54) is 35.7 Å². The van der Waals surface area contributed by atoms with E-state index in [-0.39, 0.29) is 18.3 Å². The van der Waals surface area contributed by atoms with Crippen LogP contribution in [0.1, 0.15) is 68.8 Å². The fourth-order valence-corrected chi connectivity index (χ4v) is 4.22. The number of benzene rings is 1. The number of carbonyl (C=O) groups excluding carboxylic acids is 1. The van der Waals surface area contributed by atoms with E-state index in [1.807, 2.05) is 13.0 Å². The number of aryl methyl sites for hydroxylation is 1. The topological polar surface area (TPSA) is 95.1 Å². The fraction of sp³-hybridized carbons (Fsp3) is 0.571. The number of nitrogen functional groups attached to an aromatic ring is 1. The number of hydrogen-bond acceptors (Lipinski definition) is 6. The van der Waals surface area contributed by atoms with Crippen molar-refractivity contribution in [2.45, 2.75) is 76.6 Å². The number of amides is 1. The zero-order valence-corrected chi connectivity index (χ0v) is 18.3. The number of nitrogens with one attached hydrogen (secondary N) is 1. The first-order chi connectivity index (χ1) is 13.9. The van der Waals surface area contributed by atoms with Crippen LogP contribution in [0.4, 0.5) is 0 Å². The van der Waals surface area contributed by atoms with Crippen molar-refractivity contribution in [3.8, 4) is 5.75 Å². The first-order valence-corrected chi connectivity index (χ1v) is 11.3. The first-order valence-electron chi connectivity index (χ1n) is 10.3. The van der Waals surface area contributed by atoms with Crippen molar-refractivity contribution in [1.29, 1.82) is 0 Å². The number of aromatic nitrogens is 3. The van der Waals surface area contributed by atoms with Gasteiger partial charge in [0.15, 0.2) is 5.82 Å². The Balaban J connectivity index is 1.54. The van der Waals surface area contributed by atoms with Gasteiger partial charge in [-0.2, -0.15) is 0 Å². The van der Waals surface area contributed by atoms with Gasteiger partial charge in [0.25, 0.3) is 0 Å². The number of carbonyl (C=O) groups is 1. The maximum absolute atomic E-state index is 12.2. The molecule has 7 nitrogen and oxygen atoms in total. The van der Waals surface area contributed by atoms with Gasteiger partial charge in [-0.05, 0) is 42.9 Å². The summed E-state index contributed by atoms with van der Waals surface area (Å²) in [5.74, 6) is 8.14. The average molecular weight is 418 g/mol. The van der Waals surface area contributed by atoms with Crippen LogP contribution < -0.4 is 15.9 Å². The summed E-state index contributed by atoms with van der Waals surface area (Å²) in [6.45, 7) is 6.53. The third-order valence-corrected chi connectivity index (χ3v) is 6.13. The largest absolute Gasteiger partial charge is 0.485 e. The number of hydrogen-bond donors (Lipinski definition) is 2. The van der Waals surface area contributed by atoms with Crippen LogP contribution in [0.15, 0.2) is 23.4 Å². The highest BCUT2D eigenvalue weighted by Crippen LogP contribution is 2.28. The highest BCUT2D eigenvalue weighted by molar-refractivity contribution is 7.99. The molecular formula is C21H31N5O2S. The molecule has 0 atom stereocenters. The first kappa shape index (κ1) is 21.5. The van der Waals surface area contributed by atoms with Gasteiger partial charge >= 0.3 is 0 Å². The van der Waals surface area contributed by atoms with Crippen LogP contribution in [0.3, 0.4) is 0 Å². The summed E-state index contributed by atoms with van der Waals surface area (Å²) in [4.78, 5) is 12.2. The number of nitrogens with two attached hydrogens (primary N) is 1. The maximum Gasteiger partial charge on any atom is 0.230 e. The molecule has 0 aliphatic heterocycles. The van der Waals surface area contributed by atoms with Crippen LogP contribution in [0.25, 0.3) is 0 Å². The minimum atomic E-state index is 0.0176. The molecule has 2 aromatic rings. The molecule has 1 aliphatic carbocycles. The predicted octanol–water partition coefficient (Wildman–Crippen LogP) is 3.54. The lowest BCUT2D eigenvalue weighted by Crippen LogP contribution is -2.37. The van der Waals surface area contributed by atoms with Crippen LogP contribution in [0.5, 0.6) is 5.75 Å². The van der Waals surface area contributed by atoms with Crippen molar-refractivity contribution < 1.29 is 9.53 Å². The third-order valence-electron chi connectivity index (χ3n) is 5.19. The zero-order valence-electron chi connectivity index (χ0n) is 17.5. The molecular weight excluding hydrogens is 386 g/mol.